The van der Waals surface area contributed by atoms with Gasteiger partial charge in [-0.3, -0.25) is 44.4 Å². The Morgan fingerprint density at radius 2 is 1.24 bits per heavy atom. The van der Waals surface area contributed by atoms with Crippen LogP contribution < -0.4 is 21.3 Å². The third kappa shape index (κ3) is 7.01. The predicted octanol–water partition coefficient (Wildman–Crippen LogP) is 2.56. The van der Waals surface area contributed by atoms with Crippen molar-refractivity contribution in [3.63, 3.8) is 0 Å². The van der Waals surface area contributed by atoms with Gasteiger partial charge in [-0.05, 0) is 12.8 Å². The molecule has 0 fully saturated rings. The number of amidine groups is 1. The van der Waals surface area contributed by atoms with Crippen molar-refractivity contribution >= 4 is 68.5 Å². The summed E-state index contributed by atoms with van der Waals surface area (Å²) in [6.07, 6.45) is 0.354. The summed E-state index contributed by atoms with van der Waals surface area (Å²) < 4.78 is 0. The maximum Gasteiger partial charge on any atom is 0.303 e. The molecule has 0 unspecified atom stereocenters. The van der Waals surface area contributed by atoms with Crippen molar-refractivity contribution in [3.05, 3.63) is 48.5 Å². The monoisotopic (exact) mass is 630 g/mol. The van der Waals surface area contributed by atoms with Crippen molar-refractivity contribution in [2.24, 2.45) is 15.8 Å². The van der Waals surface area contributed by atoms with E-state index in [-0.39, 0.29) is 56.9 Å². The highest BCUT2D eigenvalue weighted by Crippen LogP contribution is 2.42. The van der Waals surface area contributed by atoms with Crippen molar-refractivity contribution in [3.8, 4) is 0 Å². The number of carboxylic acids is 2. The third-order valence-electron chi connectivity index (χ3n) is 7.97. The van der Waals surface area contributed by atoms with Gasteiger partial charge in [-0.2, -0.15) is 0 Å². The molecule has 242 valence electrons. The second kappa shape index (κ2) is 14.2. The summed E-state index contributed by atoms with van der Waals surface area (Å²) in [7, 11) is 1.78. The van der Waals surface area contributed by atoms with E-state index in [9.17, 15) is 19.2 Å². The molecule has 2 aliphatic rings. The first-order chi connectivity index (χ1) is 22.2. The molecule has 14 nitrogen and oxygen atoms in total. The van der Waals surface area contributed by atoms with Gasteiger partial charge in [0.1, 0.15) is 5.84 Å². The number of amides is 2. The van der Waals surface area contributed by atoms with Gasteiger partial charge in [0.2, 0.25) is 17.8 Å². The minimum Gasteiger partial charge on any atom is -0.481 e. The lowest BCUT2D eigenvalue weighted by Gasteiger charge is -2.33. The number of fused-ring (bicyclic) bond motifs is 2. The Kier molecular flexibility index (Phi) is 9.96. The quantitative estimate of drug-likeness (QED) is 0.0947. The number of benzene rings is 3. The molecule has 5 rings (SSSR count). The van der Waals surface area contributed by atoms with Gasteiger partial charge in [-0.25, -0.2) is 10.8 Å². The smallest absolute Gasteiger partial charge is 0.303 e. The number of hydrogen-bond acceptors (Lipinski definition) is 10. The normalized spacial score (nSPS) is 14.4. The Morgan fingerprint density at radius 1 is 0.761 bits per heavy atom. The Bertz CT molecular complexity index is 1600. The van der Waals surface area contributed by atoms with Crippen LogP contribution in [0, 0.1) is 0 Å². The van der Waals surface area contributed by atoms with Gasteiger partial charge in [0.25, 0.3) is 0 Å². The SMILES string of the molecule is CN(N)c1c2ccccc2c(N(CC2=NCCN2C(=O)CCCC(=O)O)NC2=NCCN2C(=O)CCCC(=O)O)c2ccccc12. The summed E-state index contributed by atoms with van der Waals surface area (Å²) in [6, 6.07) is 15.7. The van der Waals surface area contributed by atoms with Crippen LogP contribution in [0.1, 0.15) is 38.5 Å². The molecular weight excluding hydrogens is 592 g/mol. The van der Waals surface area contributed by atoms with E-state index in [1.54, 1.807) is 17.0 Å². The largest absolute Gasteiger partial charge is 0.481 e. The number of guanidine groups is 1. The lowest BCUT2D eigenvalue weighted by atomic mass is 9.97. The molecule has 46 heavy (non-hydrogen) atoms. The first kappa shape index (κ1) is 32.2. The lowest BCUT2D eigenvalue weighted by Crippen LogP contribution is -2.53. The zero-order chi connectivity index (χ0) is 32.8. The molecule has 0 aliphatic carbocycles. The van der Waals surface area contributed by atoms with E-state index in [1.807, 2.05) is 53.5 Å². The van der Waals surface area contributed by atoms with Gasteiger partial charge >= 0.3 is 11.9 Å². The number of nitrogens with two attached hydrogens (primary N) is 1. The Hall–Kier alpha value is -5.24. The molecule has 0 atom stereocenters. The average Bonchev–Trinajstić information content (AvgIpc) is 3.68. The minimum absolute atomic E-state index is 0.0573. The number of nitrogens with one attached hydrogen (secondary N) is 1. The summed E-state index contributed by atoms with van der Waals surface area (Å²) in [5.41, 5.74) is 4.96. The molecular formula is C32H38N8O6. The van der Waals surface area contributed by atoms with E-state index in [4.69, 9.17) is 16.1 Å². The molecule has 5 N–H and O–H groups in total. The fraction of sp³-hybridized carbons (Fsp3) is 0.375. The zero-order valence-corrected chi connectivity index (χ0v) is 25.7. The highest BCUT2D eigenvalue weighted by Gasteiger charge is 2.31. The van der Waals surface area contributed by atoms with E-state index >= 15 is 0 Å². The van der Waals surface area contributed by atoms with Crippen LogP contribution in [0.2, 0.25) is 0 Å². The van der Waals surface area contributed by atoms with Crippen LogP contribution in [-0.4, -0.2) is 95.3 Å². The Morgan fingerprint density at radius 3 is 1.76 bits per heavy atom. The number of hydrogen-bond donors (Lipinski definition) is 4. The number of rotatable bonds is 13. The Balaban J connectivity index is 1.56. The summed E-state index contributed by atoms with van der Waals surface area (Å²) in [5.74, 6) is 4.80. The average molecular weight is 631 g/mol. The molecule has 2 amide bonds. The molecule has 0 saturated carbocycles. The highest BCUT2D eigenvalue weighted by atomic mass is 16.4. The Labute approximate surface area is 265 Å². The summed E-state index contributed by atoms with van der Waals surface area (Å²) >= 11 is 0. The zero-order valence-electron chi connectivity index (χ0n) is 25.7. The maximum atomic E-state index is 13.2. The number of carboxylic acid groups (broad SMARTS) is 2. The van der Waals surface area contributed by atoms with Crippen LogP contribution in [0.25, 0.3) is 21.5 Å². The van der Waals surface area contributed by atoms with Crippen molar-refractivity contribution in [1.29, 1.82) is 0 Å². The number of anilines is 2. The van der Waals surface area contributed by atoms with Crippen molar-refractivity contribution in [1.82, 2.24) is 15.2 Å². The number of nitrogens with zero attached hydrogens (tertiary/aromatic N) is 6. The second-order valence-corrected chi connectivity index (χ2v) is 11.2. The second-order valence-electron chi connectivity index (χ2n) is 11.2. The predicted molar refractivity (Wildman–Crippen MR) is 176 cm³/mol. The van der Waals surface area contributed by atoms with Gasteiger partial charge in [0.05, 0.1) is 31.0 Å². The van der Waals surface area contributed by atoms with Crippen LogP contribution >= 0.6 is 0 Å². The van der Waals surface area contributed by atoms with Crippen molar-refractivity contribution in [2.75, 3.05) is 49.8 Å². The summed E-state index contributed by atoms with van der Waals surface area (Å²) in [5, 5.41) is 25.0. The van der Waals surface area contributed by atoms with E-state index < -0.39 is 11.9 Å². The van der Waals surface area contributed by atoms with Crippen LogP contribution in [-0.2, 0) is 19.2 Å². The van der Waals surface area contributed by atoms with E-state index in [0.717, 1.165) is 32.9 Å². The number of hydrazine groups is 2. The third-order valence-corrected chi connectivity index (χ3v) is 7.97. The van der Waals surface area contributed by atoms with Crippen LogP contribution in [0.5, 0.6) is 0 Å². The molecule has 14 heteroatoms. The lowest BCUT2D eigenvalue weighted by molar-refractivity contribution is -0.138. The number of aliphatic imine (C=N–C) groups is 2. The molecule has 0 aromatic heterocycles. The molecule has 2 heterocycles. The van der Waals surface area contributed by atoms with Crippen molar-refractivity contribution < 1.29 is 29.4 Å². The first-order valence-electron chi connectivity index (χ1n) is 15.2. The van der Waals surface area contributed by atoms with Crippen molar-refractivity contribution in [2.45, 2.75) is 38.5 Å². The van der Waals surface area contributed by atoms with Gasteiger partial charge in [0.15, 0.2) is 0 Å². The van der Waals surface area contributed by atoms with Gasteiger partial charge in [0, 0.05) is 67.4 Å². The topological polar surface area (TPSA) is 184 Å². The fourth-order valence-corrected chi connectivity index (χ4v) is 5.92. The molecule has 0 spiro atoms. The minimum atomic E-state index is -0.961. The van der Waals surface area contributed by atoms with Crippen LogP contribution in [0.3, 0.4) is 0 Å². The molecule has 0 saturated heterocycles. The van der Waals surface area contributed by atoms with E-state index in [1.165, 1.54) is 4.90 Å². The fourth-order valence-electron chi connectivity index (χ4n) is 5.92. The summed E-state index contributed by atoms with van der Waals surface area (Å²) in [4.78, 5) is 60.8. The molecule has 2 aliphatic heterocycles. The number of carbonyl (C=O) groups is 4. The van der Waals surface area contributed by atoms with Gasteiger partial charge < -0.3 is 15.2 Å². The summed E-state index contributed by atoms with van der Waals surface area (Å²) in [6.45, 7) is 1.62. The number of aliphatic carboxylic acids is 2. The van der Waals surface area contributed by atoms with E-state index in [0.29, 0.717) is 38.0 Å². The molecule has 3 aromatic carbocycles. The standard InChI is InChI=1S/C32H38N8O6/c1-37(33)30-21-8-2-4-10-23(21)31(24-11-5-3-9-22(24)30)40(20-25-34-16-18-38(25)26(41)12-6-14-28(43)44)36-32-35-17-19-39(32)27(42)13-7-15-29(45)46/h2-5,8-11H,6-7,12-20,33H2,1H3,(H,35,36)(H,43,44)(H,45,46). The van der Waals surface area contributed by atoms with Crippen LogP contribution in [0.4, 0.5) is 11.4 Å². The number of carbonyl (C=O) groups excluding carboxylic acids is 2. The molecule has 3 aromatic rings. The highest BCUT2D eigenvalue weighted by molar-refractivity contribution is 6.21. The molecule has 0 radical (unpaired) electrons. The van der Waals surface area contributed by atoms with Crippen LogP contribution in [0.15, 0.2) is 58.5 Å². The molecule has 0 bridgehead atoms. The maximum absolute atomic E-state index is 13.2. The first-order valence-corrected chi connectivity index (χ1v) is 15.2. The van der Waals surface area contributed by atoms with E-state index in [2.05, 4.69) is 15.4 Å². The van der Waals surface area contributed by atoms with Gasteiger partial charge in [-0.15, -0.1) is 0 Å². The van der Waals surface area contributed by atoms with Gasteiger partial charge in [-0.1, -0.05) is 48.5 Å².